The van der Waals surface area contributed by atoms with E-state index in [0.29, 0.717) is 40.8 Å². The van der Waals surface area contributed by atoms with E-state index < -0.39 is 23.7 Å². The van der Waals surface area contributed by atoms with Crippen LogP contribution in [0.5, 0.6) is 0 Å². The zero-order valence-corrected chi connectivity index (χ0v) is 21.4. The second-order valence-corrected chi connectivity index (χ2v) is 9.82. The summed E-state index contributed by atoms with van der Waals surface area (Å²) in [5.41, 5.74) is 2.85. The smallest absolute Gasteiger partial charge is 0.326 e. The average Bonchev–Trinajstić information content (AvgIpc) is 3.35. The van der Waals surface area contributed by atoms with Gasteiger partial charge in [0, 0.05) is 30.5 Å². The highest BCUT2D eigenvalue weighted by molar-refractivity contribution is 6.40. The third kappa shape index (κ3) is 5.10. The maximum absolute atomic E-state index is 13.5. The van der Waals surface area contributed by atoms with Gasteiger partial charge in [0.05, 0.1) is 21.9 Å². The van der Waals surface area contributed by atoms with E-state index in [2.05, 4.69) is 5.32 Å². The van der Waals surface area contributed by atoms with Crippen molar-refractivity contribution >= 4 is 52.0 Å². The number of nitrogens with zero attached hydrogens (tertiary/aromatic N) is 1. The predicted molar refractivity (Wildman–Crippen MR) is 140 cm³/mol. The molecule has 0 fully saturated rings. The number of fused-ring (bicyclic) bond motifs is 2. The Morgan fingerprint density at radius 1 is 1.11 bits per heavy atom. The van der Waals surface area contributed by atoms with Gasteiger partial charge in [-0.3, -0.25) is 9.59 Å². The summed E-state index contributed by atoms with van der Waals surface area (Å²) in [7, 11) is 0. The molecule has 0 spiro atoms. The molecular weight excluding hydrogens is 534 g/mol. The van der Waals surface area contributed by atoms with E-state index in [0.717, 1.165) is 5.39 Å². The number of benzene rings is 3. The largest absolute Gasteiger partial charge is 0.480 e. The van der Waals surface area contributed by atoms with Gasteiger partial charge in [0.15, 0.2) is 0 Å². The van der Waals surface area contributed by atoms with Gasteiger partial charge < -0.3 is 19.7 Å². The highest BCUT2D eigenvalue weighted by Gasteiger charge is 2.30. The molecule has 0 bridgehead atoms. The Morgan fingerprint density at radius 3 is 2.68 bits per heavy atom. The lowest BCUT2D eigenvalue weighted by Crippen LogP contribution is -2.42. The Morgan fingerprint density at radius 2 is 1.92 bits per heavy atom. The van der Waals surface area contributed by atoms with Crippen LogP contribution in [0.2, 0.25) is 10.0 Å². The highest BCUT2D eigenvalue weighted by Crippen LogP contribution is 2.35. The summed E-state index contributed by atoms with van der Waals surface area (Å²) in [4.78, 5) is 39.7. The normalized spacial score (nSPS) is 13.7. The minimum absolute atomic E-state index is 0.0347. The summed E-state index contributed by atoms with van der Waals surface area (Å²) < 4.78 is 18.9. The van der Waals surface area contributed by atoms with Crippen molar-refractivity contribution in [2.45, 2.75) is 25.4 Å². The van der Waals surface area contributed by atoms with Crippen LogP contribution in [0.1, 0.15) is 37.4 Å². The van der Waals surface area contributed by atoms with Crippen LogP contribution in [0.4, 0.5) is 4.39 Å². The first-order valence-electron chi connectivity index (χ1n) is 11.8. The lowest BCUT2D eigenvalue weighted by molar-refractivity contribution is -0.139. The molecule has 194 valence electrons. The Labute approximate surface area is 226 Å². The fourth-order valence-corrected chi connectivity index (χ4v) is 5.40. The Bertz CT molecular complexity index is 1590. The molecule has 1 aromatic heterocycles. The van der Waals surface area contributed by atoms with Crippen molar-refractivity contribution in [3.8, 4) is 0 Å². The minimum Gasteiger partial charge on any atom is -0.480 e. The number of nitrogens with one attached hydrogen (secondary N) is 1. The molecule has 1 atom stereocenters. The maximum atomic E-state index is 13.5. The molecule has 3 aromatic carbocycles. The van der Waals surface area contributed by atoms with Gasteiger partial charge >= 0.3 is 5.97 Å². The fraction of sp³-hybridized carbons (Fsp3) is 0.179. The van der Waals surface area contributed by atoms with E-state index in [1.54, 1.807) is 35.4 Å². The molecule has 1 aliphatic heterocycles. The summed E-state index contributed by atoms with van der Waals surface area (Å²) in [5.74, 6) is -2.72. The lowest BCUT2D eigenvalue weighted by Gasteiger charge is -2.30. The van der Waals surface area contributed by atoms with E-state index in [-0.39, 0.29) is 34.5 Å². The van der Waals surface area contributed by atoms with Crippen molar-refractivity contribution < 1.29 is 28.3 Å². The number of aliphatic carboxylic acids is 1. The second-order valence-electron chi connectivity index (χ2n) is 9.03. The molecule has 10 heteroatoms. The van der Waals surface area contributed by atoms with E-state index >= 15 is 0 Å². The summed E-state index contributed by atoms with van der Waals surface area (Å²) in [5, 5.41) is 13.1. The number of hydrogen-bond donors (Lipinski definition) is 2. The topological polar surface area (TPSA) is 99.9 Å². The van der Waals surface area contributed by atoms with E-state index in [1.807, 2.05) is 12.1 Å². The van der Waals surface area contributed by atoms with E-state index in [4.69, 9.17) is 27.6 Å². The monoisotopic (exact) mass is 554 g/mol. The van der Waals surface area contributed by atoms with Crippen molar-refractivity contribution in [2.75, 3.05) is 6.54 Å². The van der Waals surface area contributed by atoms with E-state index in [1.165, 1.54) is 18.2 Å². The number of carboxylic acid groups (broad SMARTS) is 1. The molecule has 2 amide bonds. The molecule has 5 rings (SSSR count). The van der Waals surface area contributed by atoms with Gasteiger partial charge in [0.25, 0.3) is 11.8 Å². The molecule has 0 radical (unpaired) electrons. The van der Waals surface area contributed by atoms with Crippen LogP contribution >= 0.6 is 23.2 Å². The quantitative estimate of drug-likeness (QED) is 0.327. The molecule has 0 aliphatic carbocycles. The van der Waals surface area contributed by atoms with Crippen LogP contribution in [0.25, 0.3) is 11.0 Å². The number of rotatable bonds is 6. The number of hydrogen-bond acceptors (Lipinski definition) is 4. The van der Waals surface area contributed by atoms with Gasteiger partial charge in [-0.25, -0.2) is 9.18 Å². The minimum atomic E-state index is -1.33. The summed E-state index contributed by atoms with van der Waals surface area (Å²) in [6.07, 6.45) is 1.82. The number of carbonyl (C=O) groups is 3. The second kappa shape index (κ2) is 10.5. The van der Waals surface area contributed by atoms with E-state index in [9.17, 15) is 23.9 Å². The van der Waals surface area contributed by atoms with Gasteiger partial charge in [-0.15, -0.1) is 0 Å². The highest BCUT2D eigenvalue weighted by atomic mass is 35.5. The first-order chi connectivity index (χ1) is 18.2. The van der Waals surface area contributed by atoms with Gasteiger partial charge in [-0.2, -0.15) is 0 Å². The Balaban J connectivity index is 1.35. The Kier molecular flexibility index (Phi) is 7.10. The molecule has 0 unspecified atom stereocenters. The van der Waals surface area contributed by atoms with Crippen molar-refractivity contribution in [3.05, 3.63) is 105 Å². The van der Waals surface area contributed by atoms with Crippen molar-refractivity contribution in [3.63, 3.8) is 0 Å². The van der Waals surface area contributed by atoms with Crippen LogP contribution < -0.4 is 5.32 Å². The number of carbonyl (C=O) groups excluding carboxylic acids is 2. The standard InChI is InChI=1S/C28H21Cl2FN2O5/c29-21-12-18-14-33(27(35)17-5-4-16-7-9-38-23(16)13-17)8-6-20(18)25(30)24(21)26(34)32-22(28(36)37)11-15-2-1-3-19(31)10-15/h1-5,7,9-10,12-13,22H,6,8,11,14H2,(H,32,34)(H,36,37)/t22-/m0/s1. The zero-order valence-electron chi connectivity index (χ0n) is 19.8. The SMILES string of the molecule is O=C(N[C@@H](Cc1cccc(F)c1)C(=O)O)c1c(Cl)cc2c(c1Cl)CCN(C(=O)c1ccc3ccoc3c1)C2. The predicted octanol–water partition coefficient (Wildman–Crippen LogP) is 5.50. The molecule has 2 heterocycles. The first kappa shape index (κ1) is 25.8. The van der Waals surface area contributed by atoms with Gasteiger partial charge in [-0.1, -0.05) is 41.4 Å². The molecule has 0 saturated carbocycles. The summed E-state index contributed by atoms with van der Waals surface area (Å²) in [6.45, 7) is 0.602. The molecule has 0 saturated heterocycles. The maximum Gasteiger partial charge on any atom is 0.326 e. The van der Waals surface area contributed by atoms with Crippen LogP contribution in [-0.2, 0) is 24.2 Å². The molecule has 38 heavy (non-hydrogen) atoms. The number of carboxylic acids is 1. The zero-order chi connectivity index (χ0) is 27.0. The summed E-state index contributed by atoms with van der Waals surface area (Å²) >= 11 is 13.1. The van der Waals surface area contributed by atoms with Crippen LogP contribution in [-0.4, -0.2) is 40.4 Å². The molecule has 2 N–H and O–H groups in total. The number of furan rings is 1. The molecular formula is C28H21Cl2FN2O5. The lowest BCUT2D eigenvalue weighted by atomic mass is 9.95. The van der Waals surface area contributed by atoms with Crippen LogP contribution in [0.3, 0.4) is 0 Å². The van der Waals surface area contributed by atoms with Crippen molar-refractivity contribution in [1.29, 1.82) is 0 Å². The molecule has 1 aliphatic rings. The molecule has 7 nitrogen and oxygen atoms in total. The third-order valence-electron chi connectivity index (χ3n) is 6.55. The average molecular weight is 555 g/mol. The fourth-order valence-electron chi connectivity index (χ4n) is 4.63. The first-order valence-corrected chi connectivity index (χ1v) is 12.5. The third-order valence-corrected chi connectivity index (χ3v) is 7.27. The summed E-state index contributed by atoms with van der Waals surface area (Å²) in [6, 6.07) is 12.8. The van der Waals surface area contributed by atoms with Crippen molar-refractivity contribution in [2.24, 2.45) is 0 Å². The van der Waals surface area contributed by atoms with Crippen LogP contribution in [0, 0.1) is 5.82 Å². The number of amides is 2. The van der Waals surface area contributed by atoms with Gasteiger partial charge in [0.2, 0.25) is 0 Å². The van der Waals surface area contributed by atoms with Crippen molar-refractivity contribution in [1.82, 2.24) is 10.2 Å². The Hall–Kier alpha value is -3.88. The van der Waals surface area contributed by atoms with Gasteiger partial charge in [-0.05, 0) is 59.5 Å². The van der Waals surface area contributed by atoms with Gasteiger partial charge in [0.1, 0.15) is 17.4 Å². The number of halogens is 3. The van der Waals surface area contributed by atoms with Crippen LogP contribution in [0.15, 0.2) is 65.3 Å². The molecule has 4 aromatic rings.